The van der Waals surface area contributed by atoms with Gasteiger partial charge in [-0.2, -0.15) is 0 Å². The minimum atomic E-state index is -0.888. The molecule has 2 rings (SSSR count). The van der Waals surface area contributed by atoms with Gasteiger partial charge in [-0.1, -0.05) is 30.9 Å². The van der Waals surface area contributed by atoms with E-state index in [2.05, 4.69) is 0 Å². The van der Waals surface area contributed by atoms with Gasteiger partial charge in [-0.15, -0.1) is 0 Å². The number of carbonyl (C=O) groups is 2. The van der Waals surface area contributed by atoms with E-state index in [1.807, 2.05) is 6.08 Å². The molecule has 2 aliphatic rings. The Morgan fingerprint density at radius 2 is 1.90 bits per heavy atom. The summed E-state index contributed by atoms with van der Waals surface area (Å²) in [6.07, 6.45) is 8.50. The summed E-state index contributed by atoms with van der Waals surface area (Å²) >= 11 is 0. The van der Waals surface area contributed by atoms with Crippen LogP contribution in [0.25, 0.3) is 0 Å². The maximum Gasteiger partial charge on any atom is 0.304 e. The number of hydrogen-bond donors (Lipinski definition) is 2. The average molecular weight is 280 g/mol. The number of aliphatic hydroxyl groups is 1. The second kappa shape index (κ2) is 7.02. The molecule has 20 heavy (non-hydrogen) atoms. The molecule has 0 bridgehead atoms. The molecule has 0 heterocycles. The van der Waals surface area contributed by atoms with Crippen LogP contribution >= 0.6 is 0 Å². The smallest absolute Gasteiger partial charge is 0.304 e. The molecular weight excluding hydrogens is 256 g/mol. The molecule has 0 saturated heterocycles. The molecule has 0 aromatic rings. The highest BCUT2D eigenvalue weighted by molar-refractivity contribution is 5.81. The predicted molar refractivity (Wildman–Crippen MR) is 75.3 cm³/mol. The van der Waals surface area contributed by atoms with Gasteiger partial charge in [-0.05, 0) is 25.7 Å². The molecule has 2 aliphatic carbocycles. The molecule has 2 N–H and O–H groups in total. The van der Waals surface area contributed by atoms with E-state index in [-0.39, 0.29) is 18.3 Å². The normalized spacial score (nSPS) is 27.4. The third kappa shape index (κ3) is 3.92. The number of hydrogen-bond acceptors (Lipinski definition) is 3. The first kappa shape index (κ1) is 15.2. The lowest BCUT2D eigenvalue weighted by molar-refractivity contribution is -0.138. The van der Waals surface area contributed by atoms with E-state index in [4.69, 9.17) is 5.11 Å². The fraction of sp³-hybridized carbons (Fsp3) is 0.750. The Labute approximate surface area is 119 Å². The lowest BCUT2D eigenvalue weighted by Gasteiger charge is -2.21. The lowest BCUT2D eigenvalue weighted by atomic mass is 9.83. The SMILES string of the molecule is O=C(O)CC1C(CCC(=O)C2CCCCC2)=CCC1O. The highest BCUT2D eigenvalue weighted by atomic mass is 16.4. The van der Waals surface area contributed by atoms with E-state index in [9.17, 15) is 14.7 Å². The second-order valence-corrected chi connectivity index (χ2v) is 6.09. The first-order valence-electron chi connectivity index (χ1n) is 7.69. The summed E-state index contributed by atoms with van der Waals surface area (Å²) in [5.41, 5.74) is 0.962. The number of carboxylic acids is 1. The number of aliphatic carboxylic acids is 1. The summed E-state index contributed by atoms with van der Waals surface area (Å²) in [5, 5.41) is 18.7. The van der Waals surface area contributed by atoms with E-state index in [1.54, 1.807) is 0 Å². The van der Waals surface area contributed by atoms with Gasteiger partial charge in [0, 0.05) is 18.3 Å². The van der Waals surface area contributed by atoms with Gasteiger partial charge in [-0.25, -0.2) is 0 Å². The topological polar surface area (TPSA) is 74.6 Å². The van der Waals surface area contributed by atoms with Crippen LogP contribution in [0.15, 0.2) is 11.6 Å². The molecule has 4 heteroatoms. The van der Waals surface area contributed by atoms with Crippen molar-refractivity contribution >= 4 is 11.8 Å². The van der Waals surface area contributed by atoms with Crippen molar-refractivity contribution in [3.63, 3.8) is 0 Å². The quantitative estimate of drug-likeness (QED) is 0.734. The number of rotatable bonds is 6. The number of carbonyl (C=O) groups excluding carboxylic acids is 1. The third-order valence-corrected chi connectivity index (χ3v) is 4.68. The number of ketones is 1. The minimum absolute atomic E-state index is 0.0371. The summed E-state index contributed by atoms with van der Waals surface area (Å²) in [6, 6.07) is 0. The van der Waals surface area contributed by atoms with Crippen LogP contribution in [0, 0.1) is 11.8 Å². The summed E-state index contributed by atoms with van der Waals surface area (Å²) in [7, 11) is 0. The number of carboxylic acid groups (broad SMARTS) is 1. The molecule has 1 saturated carbocycles. The van der Waals surface area contributed by atoms with Gasteiger partial charge in [0.05, 0.1) is 12.5 Å². The zero-order valence-corrected chi connectivity index (χ0v) is 11.9. The van der Waals surface area contributed by atoms with E-state index in [0.717, 1.165) is 31.3 Å². The molecule has 0 aliphatic heterocycles. The zero-order valence-electron chi connectivity index (χ0n) is 11.9. The molecule has 112 valence electrons. The van der Waals surface area contributed by atoms with E-state index in [0.29, 0.717) is 25.0 Å². The van der Waals surface area contributed by atoms with Gasteiger partial charge in [-0.3, -0.25) is 9.59 Å². The molecular formula is C16H24O4. The van der Waals surface area contributed by atoms with Crippen molar-refractivity contribution in [3.8, 4) is 0 Å². The van der Waals surface area contributed by atoms with Crippen LogP contribution in [0.2, 0.25) is 0 Å². The van der Waals surface area contributed by atoms with Crippen LogP contribution in [0.5, 0.6) is 0 Å². The van der Waals surface area contributed by atoms with Gasteiger partial charge in [0.1, 0.15) is 5.78 Å². The molecule has 0 aromatic heterocycles. The standard InChI is InChI=1S/C16H24O4/c17-14(12-4-2-1-3-5-12)8-6-11-7-9-15(18)13(11)10-16(19)20/h7,12-13,15,18H,1-6,8-10H2,(H,19,20). The van der Waals surface area contributed by atoms with Gasteiger partial charge < -0.3 is 10.2 Å². The summed E-state index contributed by atoms with van der Waals surface area (Å²) < 4.78 is 0. The molecule has 0 radical (unpaired) electrons. The maximum absolute atomic E-state index is 12.2. The van der Waals surface area contributed by atoms with Crippen LogP contribution < -0.4 is 0 Å². The van der Waals surface area contributed by atoms with Gasteiger partial charge in [0.15, 0.2) is 0 Å². The van der Waals surface area contributed by atoms with Crippen LogP contribution in [0.1, 0.15) is 57.8 Å². The minimum Gasteiger partial charge on any atom is -0.481 e. The van der Waals surface area contributed by atoms with Crippen molar-refractivity contribution in [2.24, 2.45) is 11.8 Å². The fourth-order valence-corrected chi connectivity index (χ4v) is 3.47. The Balaban J connectivity index is 1.83. The van der Waals surface area contributed by atoms with Crippen LogP contribution in [0.4, 0.5) is 0 Å². The summed E-state index contributed by atoms with van der Waals surface area (Å²) in [6.45, 7) is 0. The molecule has 4 nitrogen and oxygen atoms in total. The van der Waals surface area contributed by atoms with E-state index in [1.165, 1.54) is 6.42 Å². The first-order valence-corrected chi connectivity index (χ1v) is 7.69. The fourth-order valence-electron chi connectivity index (χ4n) is 3.47. The van der Waals surface area contributed by atoms with Crippen molar-refractivity contribution in [1.82, 2.24) is 0 Å². The zero-order chi connectivity index (χ0) is 14.5. The van der Waals surface area contributed by atoms with Crippen molar-refractivity contribution < 1.29 is 19.8 Å². The van der Waals surface area contributed by atoms with Gasteiger partial charge >= 0.3 is 5.97 Å². The van der Waals surface area contributed by atoms with Crippen LogP contribution in [-0.2, 0) is 9.59 Å². The second-order valence-electron chi connectivity index (χ2n) is 6.09. The lowest BCUT2D eigenvalue weighted by Crippen LogP contribution is -2.21. The Hall–Kier alpha value is -1.16. The number of aliphatic hydroxyl groups excluding tert-OH is 1. The van der Waals surface area contributed by atoms with Crippen molar-refractivity contribution in [2.75, 3.05) is 0 Å². The highest BCUT2D eigenvalue weighted by Crippen LogP contribution is 2.33. The van der Waals surface area contributed by atoms with E-state index < -0.39 is 12.1 Å². The molecule has 0 aromatic carbocycles. The monoisotopic (exact) mass is 280 g/mol. The van der Waals surface area contributed by atoms with Crippen molar-refractivity contribution in [1.29, 1.82) is 0 Å². The number of Topliss-reactive ketones (excluding diaryl/α,β-unsaturated/α-hetero) is 1. The summed E-state index contributed by atoms with van der Waals surface area (Å²) in [4.78, 5) is 23.0. The Bertz CT molecular complexity index is 393. The molecule has 2 unspecified atom stereocenters. The first-order chi connectivity index (χ1) is 9.58. The van der Waals surface area contributed by atoms with Crippen LogP contribution in [0.3, 0.4) is 0 Å². The molecule has 0 spiro atoms. The average Bonchev–Trinajstić information content (AvgIpc) is 2.78. The predicted octanol–water partition coefficient (Wildman–Crippen LogP) is 2.70. The van der Waals surface area contributed by atoms with Gasteiger partial charge in [0.25, 0.3) is 0 Å². The van der Waals surface area contributed by atoms with Crippen molar-refractivity contribution in [2.45, 2.75) is 63.9 Å². The Morgan fingerprint density at radius 3 is 2.55 bits per heavy atom. The third-order valence-electron chi connectivity index (χ3n) is 4.68. The maximum atomic E-state index is 12.2. The van der Waals surface area contributed by atoms with E-state index >= 15 is 0 Å². The molecule has 1 fully saturated rings. The van der Waals surface area contributed by atoms with Gasteiger partial charge in [0.2, 0.25) is 0 Å². The molecule has 2 atom stereocenters. The highest BCUT2D eigenvalue weighted by Gasteiger charge is 2.30. The largest absolute Gasteiger partial charge is 0.481 e. The van der Waals surface area contributed by atoms with Crippen molar-refractivity contribution in [3.05, 3.63) is 11.6 Å². The summed E-state index contributed by atoms with van der Waals surface area (Å²) in [5.74, 6) is -0.651. The Morgan fingerprint density at radius 1 is 1.20 bits per heavy atom. The molecule has 0 amide bonds. The Kier molecular flexibility index (Phi) is 5.35. The van der Waals surface area contributed by atoms with Crippen LogP contribution in [-0.4, -0.2) is 28.1 Å².